The second kappa shape index (κ2) is 17.8. The fourth-order valence-corrected chi connectivity index (χ4v) is 14.6. The van der Waals surface area contributed by atoms with Gasteiger partial charge in [-0.25, -0.2) is 0 Å². The van der Waals surface area contributed by atoms with Crippen molar-refractivity contribution in [2.45, 2.75) is 18.9 Å². The summed E-state index contributed by atoms with van der Waals surface area (Å²) in [5.74, 6) is 0. The molecule has 0 fully saturated rings. The lowest BCUT2D eigenvalue weighted by Gasteiger charge is -2.41. The molecule has 3 aromatic heterocycles. The second-order valence-corrected chi connectivity index (χ2v) is 22.4. The van der Waals surface area contributed by atoms with E-state index in [0.717, 1.165) is 40.5 Å². The van der Waals surface area contributed by atoms with Crippen molar-refractivity contribution in [1.82, 2.24) is 0 Å². The molecule has 3 heterocycles. The molecule has 0 saturated heterocycles. The van der Waals surface area contributed by atoms with Crippen molar-refractivity contribution in [3.8, 4) is 11.1 Å². The molecule has 1 unspecified atom stereocenters. The SMILES string of the molecule is CC1(N(c2ccc(-c3ccccc3)cc2)c2ccc3sc4cc(N(c5ccccc5)c5ccc6c(c5)sc5ccc(N(c7ccccc7)c7ccccc7)cc56)ccc4c3c2)C=c2sc3ccccc3c2=CC1. The van der Waals surface area contributed by atoms with Gasteiger partial charge in [0.25, 0.3) is 0 Å². The van der Waals surface area contributed by atoms with Crippen LogP contribution in [0.1, 0.15) is 13.3 Å². The fourth-order valence-electron chi connectivity index (χ4n) is 11.1. The minimum Gasteiger partial charge on any atom is -0.332 e. The molecule has 1 aliphatic rings. The summed E-state index contributed by atoms with van der Waals surface area (Å²) < 4.78 is 7.76. The van der Waals surface area contributed by atoms with Crippen LogP contribution < -0.4 is 24.5 Å². The first-order valence-corrected chi connectivity index (χ1v) is 27.3. The summed E-state index contributed by atoms with van der Waals surface area (Å²) >= 11 is 5.63. The lowest BCUT2D eigenvalue weighted by Crippen LogP contribution is -2.46. The smallest absolute Gasteiger partial charge is 0.0656 e. The Bertz CT molecular complexity index is 4280. The third kappa shape index (κ3) is 7.69. The summed E-state index contributed by atoms with van der Waals surface area (Å²) in [5, 5.41) is 7.78. The van der Waals surface area contributed by atoms with Gasteiger partial charge in [-0.1, -0.05) is 133 Å². The zero-order valence-corrected chi connectivity index (χ0v) is 42.5. The summed E-state index contributed by atoms with van der Waals surface area (Å²) in [6.45, 7) is 2.40. The fraction of sp³-hybridized carbons (Fsp3) is 0.0448. The van der Waals surface area contributed by atoms with Gasteiger partial charge in [0.15, 0.2) is 0 Å². The maximum atomic E-state index is 2.58. The van der Waals surface area contributed by atoms with E-state index in [1.54, 1.807) is 0 Å². The quantitative estimate of drug-likeness (QED) is 0.135. The van der Waals surface area contributed by atoms with E-state index >= 15 is 0 Å². The lowest BCUT2D eigenvalue weighted by molar-refractivity contribution is 0.618. The van der Waals surface area contributed by atoms with Crippen LogP contribution in [0.25, 0.3) is 73.7 Å². The molecule has 0 radical (unpaired) electrons. The predicted molar refractivity (Wildman–Crippen MR) is 319 cm³/mol. The maximum Gasteiger partial charge on any atom is 0.0656 e. The van der Waals surface area contributed by atoms with Crippen molar-refractivity contribution in [2.75, 3.05) is 14.7 Å². The Morgan fingerprint density at radius 2 is 0.767 bits per heavy atom. The van der Waals surface area contributed by atoms with Crippen LogP contribution in [-0.2, 0) is 0 Å². The number of hydrogen-bond donors (Lipinski definition) is 0. The van der Waals surface area contributed by atoms with E-state index in [1.807, 2.05) is 34.0 Å². The van der Waals surface area contributed by atoms with Crippen LogP contribution in [0.5, 0.6) is 0 Å². The van der Waals surface area contributed by atoms with Gasteiger partial charge in [-0.05, 0) is 156 Å². The third-order valence-corrected chi connectivity index (χ3v) is 17.9. The summed E-state index contributed by atoms with van der Waals surface area (Å²) in [5.41, 5.74) is 11.3. The largest absolute Gasteiger partial charge is 0.332 e. The highest BCUT2D eigenvalue weighted by Crippen LogP contribution is 2.47. The van der Waals surface area contributed by atoms with Crippen LogP contribution in [0, 0.1) is 0 Å². The Balaban J connectivity index is 0.855. The Labute approximate surface area is 436 Å². The minimum atomic E-state index is -0.312. The topological polar surface area (TPSA) is 9.72 Å². The number of para-hydroxylation sites is 3. The van der Waals surface area contributed by atoms with E-state index in [-0.39, 0.29) is 5.54 Å². The molecule has 0 amide bonds. The van der Waals surface area contributed by atoms with Gasteiger partial charge in [0.05, 0.1) is 5.54 Å². The lowest BCUT2D eigenvalue weighted by atomic mass is 9.89. The monoisotopic (exact) mass is 989 g/mol. The molecule has 0 spiro atoms. The zero-order chi connectivity index (χ0) is 48.5. The predicted octanol–water partition coefficient (Wildman–Crippen LogP) is 18.8. The maximum absolute atomic E-state index is 2.58. The Hall–Kier alpha value is -8.26. The number of thiophene rings is 3. The van der Waals surface area contributed by atoms with E-state index < -0.39 is 0 Å². The number of nitrogens with zero attached hydrogens (tertiary/aromatic N) is 3. The van der Waals surface area contributed by atoms with E-state index in [9.17, 15) is 0 Å². The van der Waals surface area contributed by atoms with Crippen LogP contribution in [0.2, 0.25) is 0 Å². The van der Waals surface area contributed by atoms with Crippen LogP contribution >= 0.6 is 34.0 Å². The van der Waals surface area contributed by atoms with Crippen molar-refractivity contribution in [3.05, 3.63) is 252 Å². The molecule has 10 aromatic carbocycles. The molecule has 1 atom stereocenters. The van der Waals surface area contributed by atoms with E-state index in [4.69, 9.17) is 0 Å². The summed E-state index contributed by atoms with van der Waals surface area (Å²) in [6, 6.07) is 88.8. The zero-order valence-electron chi connectivity index (χ0n) is 40.0. The molecule has 6 heteroatoms. The van der Waals surface area contributed by atoms with Crippen molar-refractivity contribution < 1.29 is 0 Å². The van der Waals surface area contributed by atoms with Gasteiger partial charge < -0.3 is 14.7 Å². The average molecular weight is 990 g/mol. The molecule has 348 valence electrons. The van der Waals surface area contributed by atoms with Gasteiger partial charge in [0.2, 0.25) is 0 Å². The number of hydrogen-bond acceptors (Lipinski definition) is 6. The number of benzene rings is 10. The molecule has 0 N–H and O–H groups in total. The van der Waals surface area contributed by atoms with E-state index in [1.165, 1.54) is 82.7 Å². The van der Waals surface area contributed by atoms with Crippen molar-refractivity contribution in [3.63, 3.8) is 0 Å². The van der Waals surface area contributed by atoms with Gasteiger partial charge in [0.1, 0.15) is 0 Å². The molecule has 0 saturated carbocycles. The van der Waals surface area contributed by atoms with Crippen LogP contribution in [0.4, 0.5) is 45.5 Å². The average Bonchev–Trinajstić information content (AvgIpc) is 4.12. The standard InChI is InChI=1S/C67H47N3S3/c1-67(39-38-58-55-24-14-15-25-61(55)73-66(58)44-67)70(50-28-26-46(27-29-50)45-16-6-2-7-17-45)54-33-37-63-60(41-54)57-35-31-53(43-65(57)72-63)69(49-22-12-5-13-23-49)52-30-34-56-59-40-51(32-36-62(59)71-64(56)42-52)68(47-18-8-3-9-19-47)48-20-10-4-11-21-48/h2-38,40-44H,39H2,1H3. The van der Waals surface area contributed by atoms with Crippen molar-refractivity contribution in [1.29, 1.82) is 0 Å². The summed E-state index contributed by atoms with van der Waals surface area (Å²) in [4.78, 5) is 7.33. The Morgan fingerprint density at radius 3 is 1.36 bits per heavy atom. The van der Waals surface area contributed by atoms with Gasteiger partial charge in [-0.3, -0.25) is 0 Å². The molecule has 14 rings (SSSR count). The highest BCUT2D eigenvalue weighted by atomic mass is 32.1. The van der Waals surface area contributed by atoms with Crippen molar-refractivity contribution in [2.24, 2.45) is 0 Å². The molecule has 0 aliphatic heterocycles. The second-order valence-electron chi connectivity index (χ2n) is 19.1. The first kappa shape index (κ1) is 43.5. The molecule has 0 bridgehead atoms. The number of anilines is 8. The highest BCUT2D eigenvalue weighted by molar-refractivity contribution is 7.26. The van der Waals surface area contributed by atoms with Gasteiger partial charge in [0, 0.05) is 95.1 Å². The van der Waals surface area contributed by atoms with Gasteiger partial charge >= 0.3 is 0 Å². The highest BCUT2D eigenvalue weighted by Gasteiger charge is 2.33. The van der Waals surface area contributed by atoms with Gasteiger partial charge in [-0.2, -0.15) is 0 Å². The van der Waals surface area contributed by atoms with E-state index in [0.29, 0.717) is 0 Å². The van der Waals surface area contributed by atoms with Gasteiger partial charge in [-0.15, -0.1) is 34.0 Å². The Kier molecular flexibility index (Phi) is 10.6. The summed E-state index contributed by atoms with van der Waals surface area (Å²) in [7, 11) is 0. The number of rotatable bonds is 10. The normalized spacial score (nSPS) is 14.3. The van der Waals surface area contributed by atoms with Crippen LogP contribution in [-0.4, -0.2) is 5.54 Å². The molecule has 3 nitrogen and oxygen atoms in total. The van der Waals surface area contributed by atoms with Crippen molar-refractivity contribution >= 4 is 142 Å². The molecule has 73 heavy (non-hydrogen) atoms. The Morgan fingerprint density at radius 1 is 0.329 bits per heavy atom. The summed E-state index contributed by atoms with van der Waals surface area (Å²) in [6.07, 6.45) is 5.88. The molecular formula is C67H47N3S3. The number of fused-ring (bicyclic) bond motifs is 9. The molecule has 13 aromatic rings. The third-order valence-electron chi connectivity index (χ3n) is 14.5. The van der Waals surface area contributed by atoms with Crippen LogP contribution in [0.3, 0.4) is 0 Å². The first-order valence-electron chi connectivity index (χ1n) is 24.9. The molecular weight excluding hydrogens is 943 g/mol. The minimum absolute atomic E-state index is 0.312. The first-order chi connectivity index (χ1) is 36.0. The van der Waals surface area contributed by atoms with Crippen LogP contribution in [0.15, 0.2) is 243 Å². The molecule has 1 aliphatic carbocycles. The van der Waals surface area contributed by atoms with E-state index in [2.05, 4.69) is 276 Å².